The van der Waals surface area contributed by atoms with Gasteiger partial charge < -0.3 is 10.1 Å². The summed E-state index contributed by atoms with van der Waals surface area (Å²) < 4.78 is 4.91. The van der Waals surface area contributed by atoms with E-state index in [0.717, 1.165) is 11.1 Å². The van der Waals surface area contributed by atoms with Gasteiger partial charge in [0.15, 0.2) is 0 Å². The quantitative estimate of drug-likeness (QED) is 0.829. The van der Waals surface area contributed by atoms with Crippen LogP contribution < -0.4 is 5.32 Å². The van der Waals surface area contributed by atoms with E-state index in [1.807, 2.05) is 48.7 Å². The highest BCUT2D eigenvalue weighted by Crippen LogP contribution is 2.18. The van der Waals surface area contributed by atoms with Crippen LogP contribution in [0.2, 0.25) is 0 Å². The van der Waals surface area contributed by atoms with Crippen LogP contribution >= 0.6 is 0 Å². The van der Waals surface area contributed by atoms with Gasteiger partial charge in [-0.1, -0.05) is 36.4 Å². The minimum atomic E-state index is -0.310. The fourth-order valence-electron chi connectivity index (χ4n) is 2.21. The van der Waals surface area contributed by atoms with Gasteiger partial charge in [-0.25, -0.2) is 0 Å². The minimum absolute atomic E-state index is 0.120. The normalized spacial score (nSPS) is 13.4. The summed E-state index contributed by atoms with van der Waals surface area (Å²) in [6.45, 7) is 2.57. The number of ether oxygens (including phenoxy) is 1. The lowest BCUT2D eigenvalue weighted by Gasteiger charge is -2.19. The second kappa shape index (κ2) is 7.55. The Labute approximate surface area is 125 Å². The summed E-state index contributed by atoms with van der Waals surface area (Å²) in [6, 6.07) is 13.7. The van der Waals surface area contributed by atoms with Crippen molar-refractivity contribution in [2.45, 2.75) is 18.9 Å². The van der Waals surface area contributed by atoms with Crippen LogP contribution in [0.15, 0.2) is 54.9 Å². The van der Waals surface area contributed by atoms with E-state index in [1.165, 1.54) is 7.11 Å². The van der Waals surface area contributed by atoms with Crippen molar-refractivity contribution in [1.82, 2.24) is 10.3 Å². The molecule has 0 saturated carbocycles. The van der Waals surface area contributed by atoms with Crippen molar-refractivity contribution in [2.24, 2.45) is 0 Å². The van der Waals surface area contributed by atoms with E-state index in [0.29, 0.717) is 6.54 Å². The highest BCUT2D eigenvalue weighted by molar-refractivity contribution is 5.78. The molecule has 0 bridgehead atoms. The Hall–Kier alpha value is -2.20. The van der Waals surface area contributed by atoms with Crippen molar-refractivity contribution < 1.29 is 9.53 Å². The second-order valence-corrected chi connectivity index (χ2v) is 4.90. The van der Waals surface area contributed by atoms with Crippen molar-refractivity contribution in [3.63, 3.8) is 0 Å². The molecule has 1 aromatic carbocycles. The Morgan fingerprint density at radius 2 is 1.90 bits per heavy atom. The molecule has 0 saturated heterocycles. The van der Waals surface area contributed by atoms with E-state index < -0.39 is 0 Å². The first-order valence-corrected chi connectivity index (χ1v) is 6.98. The van der Waals surface area contributed by atoms with Crippen molar-refractivity contribution >= 4 is 5.97 Å². The molecule has 2 aromatic rings. The summed E-state index contributed by atoms with van der Waals surface area (Å²) in [4.78, 5) is 16.1. The Bertz CT molecular complexity index is 558. The maximum absolute atomic E-state index is 12.0. The van der Waals surface area contributed by atoms with Gasteiger partial charge in [0.25, 0.3) is 0 Å². The van der Waals surface area contributed by atoms with Crippen LogP contribution in [0.25, 0.3) is 0 Å². The molecule has 4 heteroatoms. The number of rotatable bonds is 6. The van der Waals surface area contributed by atoms with Gasteiger partial charge in [0.05, 0.1) is 13.0 Å². The summed E-state index contributed by atoms with van der Waals surface area (Å²) in [7, 11) is 1.42. The first-order chi connectivity index (χ1) is 10.2. The average molecular weight is 284 g/mol. The van der Waals surface area contributed by atoms with Crippen LogP contribution in [0.1, 0.15) is 30.0 Å². The predicted octanol–water partition coefficient (Wildman–Crippen LogP) is 2.69. The first kappa shape index (κ1) is 15.2. The molecule has 0 fully saturated rings. The van der Waals surface area contributed by atoms with Crippen molar-refractivity contribution in [3.8, 4) is 0 Å². The van der Waals surface area contributed by atoms with Gasteiger partial charge in [0, 0.05) is 25.0 Å². The van der Waals surface area contributed by atoms with E-state index in [4.69, 9.17) is 4.74 Å². The van der Waals surface area contributed by atoms with Crippen LogP contribution in [-0.4, -0.2) is 24.6 Å². The molecule has 0 aliphatic rings. The number of pyridine rings is 1. The molecule has 1 N–H and O–H groups in total. The van der Waals surface area contributed by atoms with Crippen LogP contribution in [0.5, 0.6) is 0 Å². The molecule has 0 radical (unpaired) electrons. The van der Waals surface area contributed by atoms with Gasteiger partial charge >= 0.3 is 5.97 Å². The topological polar surface area (TPSA) is 51.2 Å². The molecule has 1 unspecified atom stereocenters. The lowest BCUT2D eigenvalue weighted by Crippen LogP contribution is -2.29. The standard InChI is InChI=1S/C17H20N2O2/c1-13(15-9-6-10-18-11-15)19-12-16(17(20)21-2)14-7-4-3-5-8-14/h3-11,13,16,19H,12H2,1-2H3/t13-,16?/m1/s1. The SMILES string of the molecule is COC(=O)C(CN[C@H](C)c1cccnc1)c1ccccc1. The number of methoxy groups -OCH3 is 1. The number of hydrogen-bond donors (Lipinski definition) is 1. The van der Waals surface area contributed by atoms with Crippen LogP contribution in [0, 0.1) is 0 Å². The third-order valence-electron chi connectivity index (χ3n) is 3.50. The van der Waals surface area contributed by atoms with Gasteiger partial charge in [0.1, 0.15) is 0 Å². The number of nitrogens with zero attached hydrogens (tertiary/aromatic N) is 1. The molecule has 0 amide bonds. The molecular formula is C17H20N2O2. The van der Waals surface area contributed by atoms with Crippen LogP contribution in [0.3, 0.4) is 0 Å². The van der Waals surface area contributed by atoms with E-state index >= 15 is 0 Å². The number of carbonyl (C=O) groups is 1. The third kappa shape index (κ3) is 4.13. The molecule has 1 heterocycles. The molecule has 1 aromatic heterocycles. The Kier molecular flexibility index (Phi) is 5.46. The molecule has 0 spiro atoms. The summed E-state index contributed by atoms with van der Waals surface area (Å²) in [5.41, 5.74) is 2.05. The van der Waals surface area contributed by atoms with E-state index in [-0.39, 0.29) is 17.9 Å². The zero-order valence-electron chi connectivity index (χ0n) is 12.3. The number of carbonyl (C=O) groups excluding carboxylic acids is 1. The zero-order valence-corrected chi connectivity index (χ0v) is 12.3. The van der Waals surface area contributed by atoms with Gasteiger partial charge in [-0.15, -0.1) is 0 Å². The largest absolute Gasteiger partial charge is 0.469 e. The smallest absolute Gasteiger partial charge is 0.314 e. The minimum Gasteiger partial charge on any atom is -0.469 e. The summed E-state index contributed by atoms with van der Waals surface area (Å²) in [6.07, 6.45) is 3.57. The van der Waals surface area contributed by atoms with Gasteiger partial charge in [-0.05, 0) is 24.1 Å². The van der Waals surface area contributed by atoms with E-state index in [1.54, 1.807) is 6.20 Å². The second-order valence-electron chi connectivity index (χ2n) is 4.90. The number of benzene rings is 1. The lowest BCUT2D eigenvalue weighted by atomic mass is 9.98. The molecule has 0 aliphatic carbocycles. The fourth-order valence-corrected chi connectivity index (χ4v) is 2.21. The molecule has 21 heavy (non-hydrogen) atoms. The molecule has 0 aliphatic heterocycles. The summed E-state index contributed by atoms with van der Waals surface area (Å²) in [5, 5.41) is 3.37. The number of aromatic nitrogens is 1. The molecule has 2 atom stereocenters. The maximum atomic E-state index is 12.0. The molecule has 110 valence electrons. The van der Waals surface area contributed by atoms with Gasteiger partial charge in [-0.3, -0.25) is 9.78 Å². The monoisotopic (exact) mass is 284 g/mol. The first-order valence-electron chi connectivity index (χ1n) is 6.98. The van der Waals surface area contributed by atoms with Gasteiger partial charge in [0.2, 0.25) is 0 Å². The van der Waals surface area contributed by atoms with Crippen LogP contribution in [0.4, 0.5) is 0 Å². The van der Waals surface area contributed by atoms with Crippen molar-refractivity contribution in [1.29, 1.82) is 0 Å². The molecule has 2 rings (SSSR count). The highest BCUT2D eigenvalue weighted by Gasteiger charge is 2.21. The van der Waals surface area contributed by atoms with E-state index in [9.17, 15) is 4.79 Å². The van der Waals surface area contributed by atoms with Crippen LogP contribution in [-0.2, 0) is 9.53 Å². The summed E-state index contributed by atoms with van der Waals surface area (Å²) >= 11 is 0. The molecular weight excluding hydrogens is 264 g/mol. The summed E-state index contributed by atoms with van der Waals surface area (Å²) in [5.74, 6) is -0.539. The number of hydrogen-bond acceptors (Lipinski definition) is 4. The Morgan fingerprint density at radius 3 is 2.52 bits per heavy atom. The van der Waals surface area contributed by atoms with Crippen molar-refractivity contribution in [2.75, 3.05) is 13.7 Å². The lowest BCUT2D eigenvalue weighted by molar-refractivity contribution is -0.142. The predicted molar refractivity (Wildman–Crippen MR) is 81.9 cm³/mol. The Balaban J connectivity index is 2.05. The zero-order chi connectivity index (χ0) is 15.1. The van der Waals surface area contributed by atoms with E-state index in [2.05, 4.69) is 17.2 Å². The maximum Gasteiger partial charge on any atom is 0.314 e. The van der Waals surface area contributed by atoms with Crippen molar-refractivity contribution in [3.05, 3.63) is 66.0 Å². The molecule has 4 nitrogen and oxygen atoms in total. The fraction of sp³-hybridized carbons (Fsp3) is 0.294. The van der Waals surface area contributed by atoms with Gasteiger partial charge in [-0.2, -0.15) is 0 Å². The Morgan fingerprint density at radius 1 is 1.19 bits per heavy atom. The average Bonchev–Trinajstić information content (AvgIpc) is 2.56. The third-order valence-corrected chi connectivity index (χ3v) is 3.50. The highest BCUT2D eigenvalue weighted by atomic mass is 16.5. The number of esters is 1. The number of nitrogens with one attached hydrogen (secondary N) is 1.